The van der Waals surface area contributed by atoms with Gasteiger partial charge in [-0.15, -0.1) is 0 Å². The topological polar surface area (TPSA) is 65.0 Å². The zero-order valence-corrected chi connectivity index (χ0v) is 31.6. The summed E-state index contributed by atoms with van der Waals surface area (Å²) in [6, 6.07) is 51.1. The van der Waals surface area contributed by atoms with E-state index in [2.05, 4.69) is 127 Å². The van der Waals surface area contributed by atoms with Gasteiger partial charge in [0.25, 0.3) is 0 Å². The predicted octanol–water partition coefficient (Wildman–Crippen LogP) is 13.7. The second-order valence-corrected chi connectivity index (χ2v) is 15.3. The molecule has 0 aliphatic heterocycles. The number of rotatable bonds is 5. The second kappa shape index (κ2) is 13.1. The number of nitrogens with zero attached hydrogens (tertiary/aromatic N) is 3. The molecule has 3 heterocycles. The molecule has 0 N–H and O–H groups in total. The number of fused-ring (bicyclic) bond motifs is 8. The van der Waals surface area contributed by atoms with Crippen LogP contribution in [-0.4, -0.2) is 15.0 Å². The highest BCUT2D eigenvalue weighted by molar-refractivity contribution is 6.17. The van der Waals surface area contributed by atoms with E-state index in [0.717, 1.165) is 109 Å². The van der Waals surface area contributed by atoms with E-state index in [1.807, 2.05) is 36.4 Å². The normalized spacial score (nSPS) is 13.6. The number of hydrogen-bond acceptors (Lipinski definition) is 5. The lowest BCUT2D eigenvalue weighted by Crippen LogP contribution is -2.06. The summed E-state index contributed by atoms with van der Waals surface area (Å²) in [6.45, 7) is 0. The molecule has 0 fully saturated rings. The largest absolute Gasteiger partial charge is 0.456 e. The molecule has 2 aliphatic carbocycles. The van der Waals surface area contributed by atoms with Crippen LogP contribution in [0.4, 0.5) is 0 Å². The molecule has 0 radical (unpaired) electrons. The van der Waals surface area contributed by atoms with Crippen molar-refractivity contribution >= 4 is 55.3 Å². The van der Waals surface area contributed by atoms with Crippen molar-refractivity contribution in [1.29, 1.82) is 0 Å². The van der Waals surface area contributed by atoms with Gasteiger partial charge in [0.05, 0.1) is 5.57 Å². The van der Waals surface area contributed by atoms with Gasteiger partial charge in [0.15, 0.2) is 17.5 Å². The highest BCUT2D eigenvalue weighted by Crippen LogP contribution is 2.45. The number of hydrogen-bond donors (Lipinski definition) is 0. The number of furan rings is 2. The summed E-state index contributed by atoms with van der Waals surface area (Å²) >= 11 is 0. The number of benzene rings is 7. The van der Waals surface area contributed by atoms with E-state index in [1.165, 1.54) is 22.3 Å². The first-order valence-electron chi connectivity index (χ1n) is 20.0. The van der Waals surface area contributed by atoms with Crippen LogP contribution >= 0.6 is 0 Å². The Labute approximate surface area is 334 Å². The van der Waals surface area contributed by atoms with Gasteiger partial charge in [0.2, 0.25) is 0 Å². The first kappa shape index (κ1) is 32.8. The minimum Gasteiger partial charge on any atom is -0.456 e. The maximum absolute atomic E-state index is 6.64. The van der Waals surface area contributed by atoms with Crippen LogP contribution in [0.25, 0.3) is 100 Å². The van der Waals surface area contributed by atoms with E-state index in [9.17, 15) is 0 Å². The third-order valence-corrected chi connectivity index (χ3v) is 11.9. The monoisotopic (exact) mass is 745 g/mol. The molecule has 2 aliphatic rings. The maximum Gasteiger partial charge on any atom is 0.167 e. The Morgan fingerprint density at radius 3 is 2.02 bits per heavy atom. The van der Waals surface area contributed by atoms with Gasteiger partial charge in [-0.2, -0.15) is 0 Å². The molecule has 5 nitrogen and oxygen atoms in total. The summed E-state index contributed by atoms with van der Waals surface area (Å²) in [5.41, 5.74) is 13.9. The van der Waals surface area contributed by atoms with Gasteiger partial charge in [0.1, 0.15) is 22.5 Å². The average molecular weight is 746 g/mol. The predicted molar refractivity (Wildman–Crippen MR) is 235 cm³/mol. The van der Waals surface area contributed by atoms with Gasteiger partial charge < -0.3 is 8.83 Å². The van der Waals surface area contributed by atoms with Gasteiger partial charge in [-0.25, -0.2) is 15.0 Å². The second-order valence-electron chi connectivity index (χ2n) is 15.3. The zero-order valence-electron chi connectivity index (χ0n) is 31.6. The van der Waals surface area contributed by atoms with Crippen molar-refractivity contribution < 1.29 is 8.83 Å². The van der Waals surface area contributed by atoms with Crippen LogP contribution in [0.5, 0.6) is 0 Å². The number of allylic oxidation sites excluding steroid dienone is 2. The van der Waals surface area contributed by atoms with E-state index in [-0.39, 0.29) is 0 Å². The van der Waals surface area contributed by atoms with Crippen molar-refractivity contribution in [2.75, 3.05) is 0 Å². The fourth-order valence-electron chi connectivity index (χ4n) is 9.21. The molecule has 0 amide bonds. The first-order chi connectivity index (χ1) is 28.7. The minimum atomic E-state index is 0.608. The van der Waals surface area contributed by atoms with Gasteiger partial charge in [-0.05, 0) is 100 Å². The standard InChI is InChI=1S/C53H35N3O2/c1-2-15-33(16-3-1)51-54-52(56-53(55-51)44-25-13-24-41-40-21-8-10-26-46(40)58-50(41)44)42-29-28-39(37-19-6-7-20-38(37)42)45-30-34(36-23-12-17-32-14-4-5-18-35(32)36)31-48-49(45)43-22-9-11-27-47(43)57-48/h1-3,5-12,15-23,25-31H,4,13-14,24H2. The Hall–Kier alpha value is -7.37. The Morgan fingerprint density at radius 1 is 0.448 bits per heavy atom. The lowest BCUT2D eigenvalue weighted by atomic mass is 9.87. The van der Waals surface area contributed by atoms with Gasteiger partial charge in [0, 0.05) is 32.8 Å². The summed E-state index contributed by atoms with van der Waals surface area (Å²) < 4.78 is 13.2. The molecule has 58 heavy (non-hydrogen) atoms. The fraction of sp³-hybridized carbons (Fsp3) is 0.0755. The Bertz CT molecular complexity index is 3350. The third kappa shape index (κ3) is 5.20. The molecular formula is C53H35N3O2. The molecule has 5 heteroatoms. The highest BCUT2D eigenvalue weighted by Gasteiger charge is 2.26. The van der Waals surface area contributed by atoms with E-state index < -0.39 is 0 Å². The first-order valence-corrected chi connectivity index (χ1v) is 20.0. The molecule has 0 saturated heterocycles. The fourth-order valence-corrected chi connectivity index (χ4v) is 9.21. The van der Waals surface area contributed by atoms with Crippen LogP contribution in [0, 0.1) is 0 Å². The minimum absolute atomic E-state index is 0.608. The third-order valence-electron chi connectivity index (χ3n) is 11.9. The van der Waals surface area contributed by atoms with Crippen molar-refractivity contribution in [3.05, 3.63) is 186 Å². The molecule has 0 spiro atoms. The smallest absolute Gasteiger partial charge is 0.167 e. The van der Waals surface area contributed by atoms with Crippen molar-refractivity contribution in [3.8, 4) is 45.0 Å². The molecule has 0 atom stereocenters. The summed E-state index contributed by atoms with van der Waals surface area (Å²) in [5.74, 6) is 2.69. The molecule has 274 valence electrons. The summed E-state index contributed by atoms with van der Waals surface area (Å²) in [6.07, 6.45) is 10.7. The van der Waals surface area contributed by atoms with E-state index in [0.29, 0.717) is 17.5 Å². The van der Waals surface area contributed by atoms with Gasteiger partial charge in [-0.3, -0.25) is 0 Å². The molecule has 0 saturated carbocycles. The van der Waals surface area contributed by atoms with E-state index >= 15 is 0 Å². The number of aromatic nitrogens is 3. The molecule has 7 aromatic carbocycles. The van der Waals surface area contributed by atoms with Crippen molar-refractivity contribution in [3.63, 3.8) is 0 Å². The molecule has 10 aromatic rings. The molecule has 12 rings (SSSR count). The number of para-hydroxylation sites is 2. The zero-order chi connectivity index (χ0) is 38.2. The number of aryl methyl sites for hydroxylation is 2. The van der Waals surface area contributed by atoms with Crippen LogP contribution in [-0.2, 0) is 12.8 Å². The molecule has 3 aromatic heterocycles. The van der Waals surface area contributed by atoms with Crippen LogP contribution in [0.15, 0.2) is 167 Å². The highest BCUT2D eigenvalue weighted by atomic mass is 16.3. The van der Waals surface area contributed by atoms with Crippen LogP contribution in [0.3, 0.4) is 0 Å². The average Bonchev–Trinajstić information content (AvgIpc) is 3.87. The van der Waals surface area contributed by atoms with Crippen LogP contribution in [0.2, 0.25) is 0 Å². The SMILES string of the molecule is C1=Cc2c(cccc2-c2cc(-c3ccc(-c4nc(C5=CCCc6c5oc5ccccc65)nc(-c5ccccc5)n4)c4ccccc34)c3c(c2)oc2ccccc23)CC1. The lowest BCUT2D eigenvalue weighted by Gasteiger charge is -2.17. The quantitative estimate of drug-likeness (QED) is 0.175. The maximum atomic E-state index is 6.64. The van der Waals surface area contributed by atoms with Gasteiger partial charge >= 0.3 is 0 Å². The molecule has 0 unspecified atom stereocenters. The summed E-state index contributed by atoms with van der Waals surface area (Å²) in [5, 5.41) is 5.53. The molecule has 0 bridgehead atoms. The lowest BCUT2D eigenvalue weighted by molar-refractivity contribution is 0.590. The summed E-state index contributed by atoms with van der Waals surface area (Å²) in [4.78, 5) is 15.6. The van der Waals surface area contributed by atoms with Crippen LogP contribution < -0.4 is 0 Å². The van der Waals surface area contributed by atoms with E-state index in [1.54, 1.807) is 0 Å². The van der Waals surface area contributed by atoms with Crippen molar-refractivity contribution in [2.45, 2.75) is 25.7 Å². The summed E-state index contributed by atoms with van der Waals surface area (Å²) in [7, 11) is 0. The van der Waals surface area contributed by atoms with Gasteiger partial charge in [-0.1, -0.05) is 133 Å². The Balaban J connectivity index is 1.08. The Kier molecular flexibility index (Phi) is 7.42. The molecular weight excluding hydrogens is 711 g/mol. The van der Waals surface area contributed by atoms with Crippen LogP contribution in [0.1, 0.15) is 41.1 Å². The van der Waals surface area contributed by atoms with E-state index in [4.69, 9.17) is 23.8 Å². The Morgan fingerprint density at radius 2 is 1.16 bits per heavy atom. The van der Waals surface area contributed by atoms with Crippen molar-refractivity contribution in [1.82, 2.24) is 15.0 Å². The van der Waals surface area contributed by atoms with Crippen molar-refractivity contribution in [2.24, 2.45) is 0 Å².